The highest BCUT2D eigenvalue weighted by molar-refractivity contribution is 5.99. The van der Waals surface area contributed by atoms with Crippen molar-refractivity contribution < 1.29 is 24.0 Å². The molecule has 0 spiro atoms. The summed E-state index contributed by atoms with van der Waals surface area (Å²) in [5.41, 5.74) is 4.43. The van der Waals surface area contributed by atoms with E-state index in [1.165, 1.54) is 18.7 Å². The Balaban J connectivity index is 1.64. The summed E-state index contributed by atoms with van der Waals surface area (Å²) in [5, 5.41) is 19.4. The van der Waals surface area contributed by atoms with E-state index in [-0.39, 0.29) is 17.1 Å². The second-order valence-electron chi connectivity index (χ2n) is 7.72. The van der Waals surface area contributed by atoms with Crippen LogP contribution in [0.4, 0.5) is 5.69 Å². The number of rotatable bonds is 8. The van der Waals surface area contributed by atoms with Crippen LogP contribution >= 0.6 is 0 Å². The van der Waals surface area contributed by atoms with Crippen LogP contribution in [0, 0.1) is 24.0 Å². The molecule has 1 N–H and O–H groups in total. The van der Waals surface area contributed by atoms with Crippen molar-refractivity contribution in [2.24, 2.45) is 5.10 Å². The molecule has 0 aliphatic rings. The molecule has 3 aromatic rings. The summed E-state index contributed by atoms with van der Waals surface area (Å²) in [4.78, 5) is 35.6. The first-order chi connectivity index (χ1) is 16.6. The maximum atomic E-state index is 12.6. The number of nitrogens with one attached hydrogen (secondary N) is 1. The molecule has 1 atom stereocenters. The van der Waals surface area contributed by atoms with Crippen molar-refractivity contribution in [3.05, 3.63) is 81.2 Å². The molecule has 182 valence electrons. The lowest BCUT2D eigenvalue weighted by atomic mass is 10.1. The van der Waals surface area contributed by atoms with Gasteiger partial charge >= 0.3 is 11.7 Å². The quantitative estimate of drug-likeness (QED) is 0.171. The van der Waals surface area contributed by atoms with Gasteiger partial charge in [-0.3, -0.25) is 19.6 Å². The van der Waals surface area contributed by atoms with Crippen molar-refractivity contribution in [3.8, 4) is 11.5 Å². The van der Waals surface area contributed by atoms with Gasteiger partial charge in [-0.1, -0.05) is 6.07 Å². The molecular weight excluding hydrogens is 454 g/mol. The Hall–Kier alpha value is -4.54. The maximum absolute atomic E-state index is 12.6. The van der Waals surface area contributed by atoms with Crippen molar-refractivity contribution in [1.82, 2.24) is 15.2 Å². The number of aromatic nitrogens is 2. The highest BCUT2D eigenvalue weighted by Crippen LogP contribution is 2.24. The highest BCUT2D eigenvalue weighted by Gasteiger charge is 2.27. The van der Waals surface area contributed by atoms with Gasteiger partial charge in [0.2, 0.25) is 0 Å². The van der Waals surface area contributed by atoms with Crippen LogP contribution in [0.3, 0.4) is 0 Å². The number of hydrogen-bond acceptors (Lipinski definition) is 8. The standard InChI is InChI=1S/C24H25N5O6/c1-14(25-26-23(30)17(4)28-16(3)22(29(32)33)15(2)27-28)18-9-11-20(12-10-18)35-24(31)19-7-6-8-21(13-19)34-5/h6-13,17H,1-5H3,(H,26,30)/b25-14+. The maximum Gasteiger partial charge on any atom is 0.343 e. The molecule has 11 heteroatoms. The van der Waals surface area contributed by atoms with E-state index in [9.17, 15) is 19.7 Å². The first kappa shape index (κ1) is 25.1. The molecule has 3 rings (SSSR count). The molecule has 1 aromatic heterocycles. The van der Waals surface area contributed by atoms with E-state index < -0.39 is 22.8 Å². The number of amides is 1. The number of aryl methyl sites for hydroxylation is 1. The minimum atomic E-state index is -0.808. The second kappa shape index (κ2) is 10.6. The van der Waals surface area contributed by atoms with Crippen LogP contribution in [0.5, 0.6) is 11.5 Å². The second-order valence-corrected chi connectivity index (χ2v) is 7.72. The highest BCUT2D eigenvalue weighted by atomic mass is 16.6. The zero-order valence-corrected chi connectivity index (χ0v) is 19.9. The van der Waals surface area contributed by atoms with Gasteiger partial charge < -0.3 is 9.47 Å². The number of carbonyl (C=O) groups excluding carboxylic acids is 2. The topological polar surface area (TPSA) is 138 Å². The SMILES string of the molecule is COc1cccc(C(=O)Oc2ccc(/C(C)=N/NC(=O)C(C)n3nc(C)c([N+](=O)[O-])c3C)cc2)c1. The van der Waals surface area contributed by atoms with Crippen LogP contribution in [0.15, 0.2) is 53.6 Å². The summed E-state index contributed by atoms with van der Waals surface area (Å²) in [5.74, 6) is -0.103. The molecule has 35 heavy (non-hydrogen) atoms. The smallest absolute Gasteiger partial charge is 0.343 e. The first-order valence-electron chi connectivity index (χ1n) is 10.6. The van der Waals surface area contributed by atoms with E-state index in [2.05, 4.69) is 15.6 Å². The fourth-order valence-corrected chi connectivity index (χ4v) is 3.38. The third-order valence-electron chi connectivity index (χ3n) is 5.34. The lowest BCUT2D eigenvalue weighted by molar-refractivity contribution is -0.386. The zero-order valence-electron chi connectivity index (χ0n) is 19.9. The largest absolute Gasteiger partial charge is 0.497 e. The molecule has 1 amide bonds. The number of nitrogens with zero attached hydrogens (tertiary/aromatic N) is 4. The van der Waals surface area contributed by atoms with Gasteiger partial charge in [-0.15, -0.1) is 0 Å². The zero-order chi connectivity index (χ0) is 25.7. The van der Waals surface area contributed by atoms with Gasteiger partial charge in [-0.25, -0.2) is 10.2 Å². The van der Waals surface area contributed by atoms with E-state index >= 15 is 0 Å². The normalized spacial score (nSPS) is 12.1. The minimum Gasteiger partial charge on any atom is -0.497 e. The number of hydrazone groups is 1. The Bertz CT molecular complexity index is 1300. The summed E-state index contributed by atoms with van der Waals surface area (Å²) in [6.07, 6.45) is 0. The number of nitro groups is 1. The fourth-order valence-electron chi connectivity index (χ4n) is 3.38. The van der Waals surface area contributed by atoms with Gasteiger partial charge in [0.25, 0.3) is 5.91 Å². The van der Waals surface area contributed by atoms with Gasteiger partial charge in [-0.05, 0) is 75.7 Å². The van der Waals surface area contributed by atoms with Crippen LogP contribution in [-0.2, 0) is 4.79 Å². The number of carbonyl (C=O) groups is 2. The minimum absolute atomic E-state index is 0.114. The van der Waals surface area contributed by atoms with Crippen molar-refractivity contribution >= 4 is 23.3 Å². The van der Waals surface area contributed by atoms with Gasteiger partial charge in [0, 0.05) is 0 Å². The van der Waals surface area contributed by atoms with E-state index in [1.807, 2.05) is 0 Å². The summed E-state index contributed by atoms with van der Waals surface area (Å²) in [7, 11) is 1.52. The summed E-state index contributed by atoms with van der Waals surface area (Å²) in [6, 6.07) is 12.5. The molecule has 1 unspecified atom stereocenters. The van der Waals surface area contributed by atoms with Crippen LogP contribution in [0.2, 0.25) is 0 Å². The monoisotopic (exact) mass is 479 g/mol. The van der Waals surface area contributed by atoms with Crippen molar-refractivity contribution in [1.29, 1.82) is 0 Å². The third-order valence-corrected chi connectivity index (χ3v) is 5.34. The lowest BCUT2D eigenvalue weighted by Gasteiger charge is -2.12. The van der Waals surface area contributed by atoms with E-state index in [0.717, 1.165) is 0 Å². The molecule has 0 saturated heterocycles. The number of esters is 1. The number of ether oxygens (including phenoxy) is 2. The molecule has 11 nitrogen and oxygen atoms in total. The average molecular weight is 479 g/mol. The molecular formula is C24H25N5O6. The predicted octanol–water partition coefficient (Wildman–Crippen LogP) is 3.74. The number of methoxy groups -OCH3 is 1. The van der Waals surface area contributed by atoms with E-state index in [4.69, 9.17) is 9.47 Å². The summed E-state index contributed by atoms with van der Waals surface area (Å²) < 4.78 is 11.8. The van der Waals surface area contributed by atoms with Gasteiger partial charge in [0.15, 0.2) is 0 Å². The Labute approximate surface area is 201 Å². The molecule has 2 aromatic carbocycles. The van der Waals surface area contributed by atoms with Crippen molar-refractivity contribution in [2.45, 2.75) is 33.7 Å². The summed E-state index contributed by atoms with van der Waals surface area (Å²) in [6.45, 7) is 6.34. The average Bonchev–Trinajstić information content (AvgIpc) is 3.15. The molecule has 0 aliphatic carbocycles. The Kier molecular flexibility index (Phi) is 7.59. The van der Waals surface area contributed by atoms with Crippen molar-refractivity contribution in [2.75, 3.05) is 7.11 Å². The van der Waals surface area contributed by atoms with Gasteiger partial charge in [0.1, 0.15) is 28.9 Å². The van der Waals surface area contributed by atoms with Crippen LogP contribution in [0.1, 0.15) is 47.2 Å². The molecule has 0 saturated carbocycles. The Morgan fingerprint density at radius 2 is 1.80 bits per heavy atom. The first-order valence-corrected chi connectivity index (χ1v) is 10.6. The predicted molar refractivity (Wildman–Crippen MR) is 128 cm³/mol. The number of hydrogen-bond donors (Lipinski definition) is 1. The van der Waals surface area contributed by atoms with Crippen LogP contribution < -0.4 is 14.9 Å². The Morgan fingerprint density at radius 3 is 2.40 bits per heavy atom. The van der Waals surface area contributed by atoms with Crippen LogP contribution in [0.25, 0.3) is 0 Å². The number of benzene rings is 2. The van der Waals surface area contributed by atoms with Crippen LogP contribution in [-0.4, -0.2) is 39.4 Å². The van der Waals surface area contributed by atoms with E-state index in [0.29, 0.717) is 28.3 Å². The lowest BCUT2D eigenvalue weighted by Crippen LogP contribution is -2.29. The Morgan fingerprint density at radius 1 is 1.11 bits per heavy atom. The third kappa shape index (κ3) is 5.69. The molecule has 0 bridgehead atoms. The van der Waals surface area contributed by atoms with Gasteiger partial charge in [0.05, 0.1) is 23.3 Å². The molecule has 0 fully saturated rings. The summed E-state index contributed by atoms with van der Waals surface area (Å²) >= 11 is 0. The molecule has 0 radical (unpaired) electrons. The van der Waals surface area contributed by atoms with Crippen molar-refractivity contribution in [3.63, 3.8) is 0 Å². The molecule has 1 heterocycles. The van der Waals surface area contributed by atoms with E-state index in [1.54, 1.807) is 69.3 Å². The fraction of sp³-hybridized carbons (Fsp3) is 0.250. The molecule has 0 aliphatic heterocycles. The van der Waals surface area contributed by atoms with Gasteiger partial charge in [-0.2, -0.15) is 10.2 Å².